The van der Waals surface area contributed by atoms with Crippen LogP contribution in [-0.2, 0) is 9.53 Å². The molecule has 1 fully saturated rings. The van der Waals surface area contributed by atoms with E-state index in [1.807, 2.05) is 14.0 Å². The molecule has 0 heterocycles. The van der Waals surface area contributed by atoms with Crippen molar-refractivity contribution in [2.75, 3.05) is 14.2 Å². The summed E-state index contributed by atoms with van der Waals surface area (Å²) in [5.74, 6) is 0.292. The number of rotatable bonds is 3. The first-order valence-corrected chi connectivity index (χ1v) is 5.42. The first-order chi connectivity index (χ1) is 6.65. The van der Waals surface area contributed by atoms with Gasteiger partial charge in [0, 0.05) is 0 Å². The van der Waals surface area contributed by atoms with Crippen LogP contribution in [0.2, 0.25) is 0 Å². The van der Waals surface area contributed by atoms with Gasteiger partial charge in [0.05, 0.1) is 7.11 Å². The van der Waals surface area contributed by atoms with E-state index < -0.39 is 5.54 Å². The summed E-state index contributed by atoms with van der Waals surface area (Å²) in [6, 6.07) is 0. The molecular formula is C11H21NO2. The highest BCUT2D eigenvalue weighted by Gasteiger charge is 2.41. The SMILES string of the molecule is CNC(C)(C(=O)OC)C1CCCCC1. The highest BCUT2D eigenvalue weighted by Crippen LogP contribution is 2.33. The summed E-state index contributed by atoms with van der Waals surface area (Å²) >= 11 is 0. The van der Waals surface area contributed by atoms with E-state index in [2.05, 4.69) is 5.32 Å². The Morgan fingerprint density at radius 1 is 1.36 bits per heavy atom. The molecule has 1 atom stereocenters. The fourth-order valence-electron chi connectivity index (χ4n) is 2.36. The zero-order valence-electron chi connectivity index (χ0n) is 9.43. The number of hydrogen-bond donors (Lipinski definition) is 1. The van der Waals surface area contributed by atoms with Gasteiger partial charge in [0.1, 0.15) is 5.54 Å². The molecule has 1 saturated carbocycles. The first-order valence-electron chi connectivity index (χ1n) is 5.42. The largest absolute Gasteiger partial charge is 0.468 e. The fraction of sp³-hybridized carbons (Fsp3) is 0.909. The predicted molar refractivity (Wildman–Crippen MR) is 56.1 cm³/mol. The van der Waals surface area contributed by atoms with E-state index in [9.17, 15) is 4.79 Å². The summed E-state index contributed by atoms with van der Waals surface area (Å²) in [7, 11) is 3.30. The zero-order valence-corrected chi connectivity index (χ0v) is 9.43. The summed E-state index contributed by atoms with van der Waals surface area (Å²) in [6.07, 6.45) is 6.04. The number of methoxy groups -OCH3 is 1. The Hall–Kier alpha value is -0.570. The number of ether oxygens (including phenoxy) is 1. The number of nitrogens with one attached hydrogen (secondary N) is 1. The van der Waals surface area contributed by atoms with Crippen LogP contribution >= 0.6 is 0 Å². The van der Waals surface area contributed by atoms with Gasteiger partial charge in [-0.2, -0.15) is 0 Å². The molecular weight excluding hydrogens is 178 g/mol. The Morgan fingerprint density at radius 3 is 2.36 bits per heavy atom. The van der Waals surface area contributed by atoms with Crippen molar-refractivity contribution in [3.8, 4) is 0 Å². The van der Waals surface area contributed by atoms with Crippen LogP contribution in [-0.4, -0.2) is 25.7 Å². The minimum atomic E-state index is -0.491. The van der Waals surface area contributed by atoms with Crippen molar-refractivity contribution in [1.29, 1.82) is 0 Å². The van der Waals surface area contributed by atoms with E-state index in [4.69, 9.17) is 4.74 Å². The average Bonchev–Trinajstić information content (AvgIpc) is 2.28. The molecule has 0 bridgehead atoms. The van der Waals surface area contributed by atoms with Gasteiger partial charge in [-0.05, 0) is 32.7 Å². The van der Waals surface area contributed by atoms with Crippen LogP contribution in [0.15, 0.2) is 0 Å². The third kappa shape index (κ3) is 2.08. The molecule has 1 rings (SSSR count). The monoisotopic (exact) mass is 199 g/mol. The minimum absolute atomic E-state index is 0.132. The third-order valence-corrected chi connectivity index (χ3v) is 3.55. The van der Waals surface area contributed by atoms with Gasteiger partial charge in [-0.25, -0.2) is 0 Å². The van der Waals surface area contributed by atoms with Crippen LogP contribution < -0.4 is 5.32 Å². The number of likely N-dealkylation sites (N-methyl/N-ethyl adjacent to an activating group) is 1. The van der Waals surface area contributed by atoms with Gasteiger partial charge < -0.3 is 10.1 Å². The van der Waals surface area contributed by atoms with Crippen molar-refractivity contribution >= 4 is 5.97 Å². The molecule has 0 aliphatic heterocycles. The lowest BCUT2D eigenvalue weighted by molar-refractivity contribution is -0.150. The lowest BCUT2D eigenvalue weighted by atomic mass is 9.75. The Kier molecular flexibility index (Phi) is 3.93. The maximum atomic E-state index is 11.7. The van der Waals surface area contributed by atoms with Gasteiger partial charge in [0.15, 0.2) is 0 Å². The van der Waals surface area contributed by atoms with Crippen molar-refractivity contribution in [1.82, 2.24) is 5.32 Å². The number of carbonyl (C=O) groups excluding carboxylic acids is 1. The maximum absolute atomic E-state index is 11.7. The van der Waals surface area contributed by atoms with Gasteiger partial charge in [0.2, 0.25) is 0 Å². The number of esters is 1. The van der Waals surface area contributed by atoms with Gasteiger partial charge >= 0.3 is 5.97 Å². The van der Waals surface area contributed by atoms with Crippen molar-refractivity contribution in [3.63, 3.8) is 0 Å². The topological polar surface area (TPSA) is 38.3 Å². The highest BCUT2D eigenvalue weighted by atomic mass is 16.5. The molecule has 3 heteroatoms. The highest BCUT2D eigenvalue weighted by molar-refractivity contribution is 5.80. The lowest BCUT2D eigenvalue weighted by Gasteiger charge is -2.37. The van der Waals surface area contributed by atoms with Gasteiger partial charge in [0.25, 0.3) is 0 Å². The molecule has 0 radical (unpaired) electrons. The lowest BCUT2D eigenvalue weighted by Crippen LogP contribution is -2.54. The summed E-state index contributed by atoms with van der Waals surface area (Å²) in [4.78, 5) is 11.7. The van der Waals surface area contributed by atoms with E-state index in [0.717, 1.165) is 12.8 Å². The van der Waals surface area contributed by atoms with Crippen LogP contribution in [0.4, 0.5) is 0 Å². The quantitative estimate of drug-likeness (QED) is 0.703. The second-order valence-electron chi connectivity index (χ2n) is 4.28. The fourth-order valence-corrected chi connectivity index (χ4v) is 2.36. The third-order valence-electron chi connectivity index (χ3n) is 3.55. The molecule has 1 aliphatic carbocycles. The molecule has 82 valence electrons. The van der Waals surface area contributed by atoms with E-state index in [0.29, 0.717) is 5.92 Å². The molecule has 0 aromatic rings. The van der Waals surface area contributed by atoms with Gasteiger partial charge in [-0.15, -0.1) is 0 Å². The van der Waals surface area contributed by atoms with Crippen LogP contribution in [0.1, 0.15) is 39.0 Å². The smallest absolute Gasteiger partial charge is 0.326 e. The molecule has 1 aliphatic rings. The van der Waals surface area contributed by atoms with Crippen molar-refractivity contribution in [2.45, 2.75) is 44.6 Å². The second kappa shape index (κ2) is 4.78. The van der Waals surface area contributed by atoms with E-state index in [1.165, 1.54) is 26.4 Å². The standard InChI is InChI=1S/C11H21NO2/c1-11(12-2,10(13)14-3)9-7-5-4-6-8-9/h9,12H,4-8H2,1-3H3. The molecule has 0 aromatic heterocycles. The van der Waals surface area contributed by atoms with Gasteiger partial charge in [-0.1, -0.05) is 19.3 Å². The zero-order chi connectivity index (χ0) is 10.6. The van der Waals surface area contributed by atoms with E-state index in [1.54, 1.807) is 0 Å². The average molecular weight is 199 g/mol. The first kappa shape index (κ1) is 11.5. The molecule has 14 heavy (non-hydrogen) atoms. The summed E-state index contributed by atoms with van der Waals surface area (Å²) in [5.41, 5.74) is -0.491. The number of hydrogen-bond acceptors (Lipinski definition) is 3. The molecule has 0 spiro atoms. The van der Waals surface area contributed by atoms with Crippen LogP contribution in [0.5, 0.6) is 0 Å². The van der Waals surface area contributed by atoms with Crippen molar-refractivity contribution < 1.29 is 9.53 Å². The normalized spacial score (nSPS) is 22.8. The summed E-state index contributed by atoms with van der Waals surface area (Å²) < 4.78 is 4.86. The molecule has 1 unspecified atom stereocenters. The van der Waals surface area contributed by atoms with Crippen molar-refractivity contribution in [3.05, 3.63) is 0 Å². The molecule has 1 N–H and O–H groups in total. The predicted octanol–water partition coefficient (Wildman–Crippen LogP) is 1.72. The Balaban J connectivity index is 2.71. The molecule has 0 aromatic carbocycles. The summed E-state index contributed by atoms with van der Waals surface area (Å²) in [5, 5.41) is 3.12. The van der Waals surface area contributed by atoms with E-state index in [-0.39, 0.29) is 5.97 Å². The van der Waals surface area contributed by atoms with Crippen LogP contribution in [0.25, 0.3) is 0 Å². The molecule has 0 saturated heterocycles. The van der Waals surface area contributed by atoms with Crippen LogP contribution in [0.3, 0.4) is 0 Å². The number of carbonyl (C=O) groups is 1. The molecule has 3 nitrogen and oxygen atoms in total. The van der Waals surface area contributed by atoms with Crippen LogP contribution in [0, 0.1) is 5.92 Å². The Labute approximate surface area is 86.2 Å². The Bertz CT molecular complexity index is 199. The Morgan fingerprint density at radius 2 is 1.93 bits per heavy atom. The van der Waals surface area contributed by atoms with E-state index >= 15 is 0 Å². The minimum Gasteiger partial charge on any atom is -0.468 e. The van der Waals surface area contributed by atoms with Gasteiger partial charge in [-0.3, -0.25) is 4.79 Å². The summed E-state index contributed by atoms with van der Waals surface area (Å²) in [6.45, 7) is 1.95. The maximum Gasteiger partial charge on any atom is 0.326 e. The second-order valence-corrected chi connectivity index (χ2v) is 4.28. The van der Waals surface area contributed by atoms with Crippen molar-refractivity contribution in [2.24, 2.45) is 5.92 Å². The molecule has 0 amide bonds.